The van der Waals surface area contributed by atoms with Crippen LogP contribution in [0.15, 0.2) is 47.6 Å². The normalized spacial score (nSPS) is 17.2. The number of rotatable bonds is 6. The van der Waals surface area contributed by atoms with Crippen molar-refractivity contribution >= 4 is 28.3 Å². The van der Waals surface area contributed by atoms with E-state index in [4.69, 9.17) is 4.74 Å². The zero-order valence-corrected chi connectivity index (χ0v) is 14.5. The quantitative estimate of drug-likeness (QED) is 0.501. The number of benzene rings is 2. The predicted octanol–water partition coefficient (Wildman–Crippen LogP) is 2.98. The molecule has 4 rings (SSSR count). The Balaban J connectivity index is 1.42. The molecule has 1 aromatic heterocycles. The summed E-state index contributed by atoms with van der Waals surface area (Å²) in [6.07, 6.45) is 2.27. The number of tetrazole rings is 1. The van der Waals surface area contributed by atoms with Crippen LogP contribution in [-0.4, -0.2) is 44.5 Å². The monoisotopic (exact) mass is 354 g/mol. The Kier molecular flexibility index (Phi) is 4.76. The van der Waals surface area contributed by atoms with Gasteiger partial charge in [0, 0.05) is 12.2 Å². The molecule has 0 bridgehead atoms. The maximum absolute atomic E-state index is 12.5. The molecule has 128 valence electrons. The highest BCUT2D eigenvalue weighted by molar-refractivity contribution is 7.99. The van der Waals surface area contributed by atoms with E-state index < -0.39 is 0 Å². The topological polar surface area (TPSA) is 69.9 Å². The fraction of sp³-hybridized carbons (Fsp3) is 0.333. The summed E-state index contributed by atoms with van der Waals surface area (Å²) in [6, 6.07) is 13.8. The second-order valence-electron chi connectivity index (χ2n) is 6.05. The number of thioether (sulfide) groups is 1. The lowest BCUT2D eigenvalue weighted by atomic mass is 10.1. The van der Waals surface area contributed by atoms with Crippen LogP contribution in [0.1, 0.15) is 23.2 Å². The number of aromatic nitrogens is 4. The average Bonchev–Trinajstić information content (AvgIpc) is 3.32. The Bertz CT molecular complexity index is 889. The Hall–Kier alpha value is -2.25. The average molecular weight is 354 g/mol. The van der Waals surface area contributed by atoms with Crippen molar-refractivity contribution in [2.24, 2.45) is 0 Å². The molecule has 2 aromatic carbocycles. The first-order valence-electron chi connectivity index (χ1n) is 8.32. The lowest BCUT2D eigenvalue weighted by Crippen LogP contribution is -2.17. The van der Waals surface area contributed by atoms with Crippen molar-refractivity contribution in [3.8, 4) is 0 Å². The number of hydrogen-bond acceptors (Lipinski definition) is 6. The van der Waals surface area contributed by atoms with Crippen LogP contribution in [0.25, 0.3) is 10.8 Å². The van der Waals surface area contributed by atoms with Gasteiger partial charge in [-0.3, -0.25) is 4.79 Å². The number of Topliss-reactive ketones (excluding diaryl/α,β-unsaturated/α-hetero) is 1. The number of ketones is 1. The van der Waals surface area contributed by atoms with E-state index in [2.05, 4.69) is 15.5 Å². The van der Waals surface area contributed by atoms with Gasteiger partial charge in [0.15, 0.2) is 5.78 Å². The van der Waals surface area contributed by atoms with E-state index in [0.29, 0.717) is 23.0 Å². The predicted molar refractivity (Wildman–Crippen MR) is 95.8 cm³/mol. The highest BCUT2D eigenvalue weighted by Gasteiger charge is 2.19. The van der Waals surface area contributed by atoms with Crippen molar-refractivity contribution in [1.82, 2.24) is 20.2 Å². The number of carbonyl (C=O) groups excluding carboxylic acids is 1. The van der Waals surface area contributed by atoms with Gasteiger partial charge in [0.05, 0.1) is 18.4 Å². The van der Waals surface area contributed by atoms with Gasteiger partial charge in [-0.05, 0) is 40.1 Å². The smallest absolute Gasteiger partial charge is 0.209 e. The third kappa shape index (κ3) is 3.72. The van der Waals surface area contributed by atoms with Crippen LogP contribution in [0.3, 0.4) is 0 Å². The molecular weight excluding hydrogens is 336 g/mol. The van der Waals surface area contributed by atoms with Crippen LogP contribution in [-0.2, 0) is 11.3 Å². The van der Waals surface area contributed by atoms with E-state index in [9.17, 15) is 4.79 Å². The van der Waals surface area contributed by atoms with E-state index in [-0.39, 0.29) is 11.9 Å². The Morgan fingerprint density at radius 1 is 1.24 bits per heavy atom. The molecule has 2 heterocycles. The maximum Gasteiger partial charge on any atom is 0.209 e. The second-order valence-corrected chi connectivity index (χ2v) is 6.99. The van der Waals surface area contributed by atoms with Gasteiger partial charge in [0.2, 0.25) is 5.16 Å². The summed E-state index contributed by atoms with van der Waals surface area (Å²) in [5, 5.41) is 14.6. The lowest BCUT2D eigenvalue weighted by Gasteiger charge is -2.09. The molecule has 1 aliphatic heterocycles. The summed E-state index contributed by atoms with van der Waals surface area (Å²) in [5.41, 5.74) is 0.712. The molecule has 1 unspecified atom stereocenters. The van der Waals surface area contributed by atoms with Crippen LogP contribution < -0.4 is 0 Å². The molecule has 1 saturated heterocycles. The maximum atomic E-state index is 12.5. The SMILES string of the molecule is O=C(CSc1nnnn1CC1CCCO1)c1ccc2ccccc2c1. The summed E-state index contributed by atoms with van der Waals surface area (Å²) < 4.78 is 7.35. The lowest BCUT2D eigenvalue weighted by molar-refractivity contribution is 0.0912. The molecule has 0 aliphatic carbocycles. The van der Waals surface area contributed by atoms with Crippen molar-refractivity contribution in [2.45, 2.75) is 30.6 Å². The Morgan fingerprint density at radius 2 is 2.12 bits per heavy atom. The summed E-state index contributed by atoms with van der Waals surface area (Å²) in [6.45, 7) is 1.44. The van der Waals surface area contributed by atoms with Crippen molar-refractivity contribution < 1.29 is 9.53 Å². The molecular formula is C18H18N4O2S. The fourth-order valence-electron chi connectivity index (χ4n) is 2.97. The molecule has 7 heteroatoms. The zero-order valence-electron chi connectivity index (χ0n) is 13.7. The van der Waals surface area contributed by atoms with Gasteiger partial charge < -0.3 is 4.74 Å². The highest BCUT2D eigenvalue weighted by atomic mass is 32.2. The molecule has 1 aliphatic rings. The molecule has 0 N–H and O–H groups in total. The molecule has 6 nitrogen and oxygen atoms in total. The van der Waals surface area contributed by atoms with Crippen molar-refractivity contribution in [3.63, 3.8) is 0 Å². The van der Waals surface area contributed by atoms with Crippen LogP contribution in [0.4, 0.5) is 0 Å². The van der Waals surface area contributed by atoms with Gasteiger partial charge >= 0.3 is 0 Å². The fourth-order valence-corrected chi connectivity index (χ4v) is 3.75. The molecule has 0 saturated carbocycles. The second kappa shape index (κ2) is 7.33. The van der Waals surface area contributed by atoms with E-state index in [1.807, 2.05) is 42.5 Å². The standard InChI is InChI=1S/C18H18N4O2S/c23-17(15-8-7-13-4-1-2-5-14(13)10-15)12-25-18-19-20-21-22(18)11-16-6-3-9-24-16/h1-2,4-5,7-8,10,16H,3,6,9,11-12H2. The minimum absolute atomic E-state index is 0.0717. The van der Waals surface area contributed by atoms with Gasteiger partial charge in [-0.15, -0.1) is 5.10 Å². The van der Waals surface area contributed by atoms with Gasteiger partial charge in [-0.2, -0.15) is 0 Å². The first kappa shape index (κ1) is 16.2. The summed E-state index contributed by atoms with van der Waals surface area (Å²) in [7, 11) is 0. The molecule has 25 heavy (non-hydrogen) atoms. The van der Waals surface area contributed by atoms with Crippen molar-refractivity contribution in [3.05, 3.63) is 48.0 Å². The van der Waals surface area contributed by atoms with Gasteiger partial charge in [0.1, 0.15) is 0 Å². The van der Waals surface area contributed by atoms with Gasteiger partial charge in [0.25, 0.3) is 0 Å². The largest absolute Gasteiger partial charge is 0.376 e. The highest BCUT2D eigenvalue weighted by Crippen LogP contribution is 2.21. The van der Waals surface area contributed by atoms with Gasteiger partial charge in [-0.25, -0.2) is 4.68 Å². The van der Waals surface area contributed by atoms with E-state index in [0.717, 1.165) is 30.2 Å². The molecule has 0 amide bonds. The zero-order chi connectivity index (χ0) is 17.1. The van der Waals surface area contributed by atoms with Crippen LogP contribution in [0, 0.1) is 0 Å². The minimum Gasteiger partial charge on any atom is -0.376 e. The summed E-state index contributed by atoms with van der Waals surface area (Å²) in [5.74, 6) is 0.381. The first-order chi connectivity index (χ1) is 12.3. The molecule has 1 fully saturated rings. The van der Waals surface area contributed by atoms with Crippen molar-refractivity contribution in [2.75, 3.05) is 12.4 Å². The van der Waals surface area contributed by atoms with E-state index >= 15 is 0 Å². The Labute approximate surface area is 149 Å². The number of fused-ring (bicyclic) bond motifs is 1. The first-order valence-corrected chi connectivity index (χ1v) is 9.31. The molecule has 3 aromatic rings. The number of ether oxygens (including phenoxy) is 1. The number of hydrogen-bond donors (Lipinski definition) is 0. The molecule has 0 spiro atoms. The van der Waals surface area contributed by atoms with Crippen LogP contribution in [0.5, 0.6) is 0 Å². The van der Waals surface area contributed by atoms with Crippen molar-refractivity contribution in [1.29, 1.82) is 0 Å². The van der Waals surface area contributed by atoms with Crippen LogP contribution in [0.2, 0.25) is 0 Å². The third-order valence-electron chi connectivity index (χ3n) is 4.30. The van der Waals surface area contributed by atoms with Gasteiger partial charge in [-0.1, -0.05) is 48.2 Å². The van der Waals surface area contributed by atoms with E-state index in [1.54, 1.807) is 4.68 Å². The summed E-state index contributed by atoms with van der Waals surface area (Å²) >= 11 is 1.37. The van der Waals surface area contributed by atoms with Crippen LogP contribution >= 0.6 is 11.8 Å². The Morgan fingerprint density at radius 3 is 2.96 bits per heavy atom. The molecule has 1 atom stereocenters. The number of carbonyl (C=O) groups is 1. The molecule has 0 radical (unpaired) electrons. The minimum atomic E-state index is 0.0717. The summed E-state index contributed by atoms with van der Waals surface area (Å²) in [4.78, 5) is 12.5. The third-order valence-corrected chi connectivity index (χ3v) is 5.26. The number of nitrogens with zero attached hydrogens (tertiary/aromatic N) is 4. The van der Waals surface area contributed by atoms with E-state index in [1.165, 1.54) is 11.8 Å².